The van der Waals surface area contributed by atoms with Gasteiger partial charge in [0.15, 0.2) is 5.82 Å². The highest BCUT2D eigenvalue weighted by Crippen LogP contribution is 2.34. The van der Waals surface area contributed by atoms with Gasteiger partial charge in [0.2, 0.25) is 17.6 Å². The Balaban J connectivity index is 2.08. The lowest BCUT2D eigenvalue weighted by atomic mass is 9.83. The van der Waals surface area contributed by atoms with Crippen LogP contribution in [0.15, 0.2) is 33.6 Å². The van der Waals surface area contributed by atoms with Gasteiger partial charge in [0, 0.05) is 5.56 Å². The fourth-order valence-electron chi connectivity index (χ4n) is 2.33. The molecule has 0 amide bonds. The maximum absolute atomic E-state index is 14.0. The molecule has 124 valence electrons. The van der Waals surface area contributed by atoms with Crippen molar-refractivity contribution in [2.24, 2.45) is 0 Å². The summed E-state index contributed by atoms with van der Waals surface area (Å²) < 4.78 is 33.2. The van der Waals surface area contributed by atoms with E-state index in [4.69, 9.17) is 4.52 Å². The summed E-state index contributed by atoms with van der Waals surface area (Å²) in [7, 11) is 0. The Morgan fingerprint density at radius 1 is 1.21 bits per heavy atom. The molecule has 2 heterocycles. The second kappa shape index (κ2) is 5.52. The minimum absolute atomic E-state index is 0.0764. The van der Waals surface area contributed by atoms with Crippen LogP contribution < -0.4 is 5.56 Å². The summed E-state index contributed by atoms with van der Waals surface area (Å²) in [6.45, 7) is 3.04. The number of aromatic hydroxyl groups is 1. The molecule has 0 aliphatic carbocycles. The summed E-state index contributed by atoms with van der Waals surface area (Å²) >= 11 is 0. The number of benzene rings is 1. The summed E-state index contributed by atoms with van der Waals surface area (Å²) in [4.78, 5) is 21.4. The zero-order valence-electron chi connectivity index (χ0n) is 12.7. The van der Waals surface area contributed by atoms with E-state index in [2.05, 4.69) is 20.1 Å². The summed E-state index contributed by atoms with van der Waals surface area (Å²) in [6.07, 6.45) is 0. The molecule has 0 spiro atoms. The van der Waals surface area contributed by atoms with Gasteiger partial charge < -0.3 is 14.6 Å². The molecule has 3 rings (SSSR count). The van der Waals surface area contributed by atoms with Crippen molar-refractivity contribution in [3.8, 4) is 17.5 Å². The van der Waals surface area contributed by atoms with Crippen LogP contribution in [0.4, 0.5) is 8.78 Å². The zero-order valence-corrected chi connectivity index (χ0v) is 12.7. The van der Waals surface area contributed by atoms with Crippen molar-refractivity contribution < 1.29 is 18.4 Å². The third-order valence-electron chi connectivity index (χ3n) is 3.49. The molecule has 0 bridgehead atoms. The van der Waals surface area contributed by atoms with Crippen LogP contribution in [0.5, 0.6) is 5.88 Å². The fourth-order valence-corrected chi connectivity index (χ4v) is 2.33. The van der Waals surface area contributed by atoms with Crippen molar-refractivity contribution in [3.63, 3.8) is 0 Å². The summed E-state index contributed by atoms with van der Waals surface area (Å²) in [6, 6.07) is 4.39. The molecule has 1 aromatic carbocycles. The highest BCUT2D eigenvalue weighted by atomic mass is 19.1. The van der Waals surface area contributed by atoms with E-state index in [1.807, 2.05) is 0 Å². The van der Waals surface area contributed by atoms with Crippen molar-refractivity contribution in [2.75, 3.05) is 0 Å². The number of H-pyrrole nitrogens is 1. The number of hydrogen-bond acceptors (Lipinski definition) is 6. The van der Waals surface area contributed by atoms with Gasteiger partial charge in [-0.05, 0) is 26.0 Å². The second-order valence-electron chi connectivity index (χ2n) is 5.60. The summed E-state index contributed by atoms with van der Waals surface area (Å²) in [5.41, 5.74) is -2.10. The maximum Gasteiger partial charge on any atom is 0.255 e. The Labute approximate surface area is 134 Å². The topological polar surface area (TPSA) is 105 Å². The van der Waals surface area contributed by atoms with Gasteiger partial charge in [-0.1, -0.05) is 11.2 Å². The molecule has 2 N–H and O–H groups in total. The van der Waals surface area contributed by atoms with Gasteiger partial charge in [0.25, 0.3) is 5.56 Å². The number of aromatic nitrogens is 4. The number of nitrogens with zero attached hydrogens (tertiary/aromatic N) is 3. The molecule has 0 aliphatic rings. The number of aromatic amines is 1. The fraction of sp³-hybridized carbons (Fsp3) is 0.200. The third kappa shape index (κ3) is 2.64. The van der Waals surface area contributed by atoms with Crippen LogP contribution >= 0.6 is 0 Å². The van der Waals surface area contributed by atoms with Crippen molar-refractivity contribution in [1.29, 1.82) is 0 Å². The van der Waals surface area contributed by atoms with Gasteiger partial charge in [-0.25, -0.2) is 8.78 Å². The highest BCUT2D eigenvalue weighted by Gasteiger charge is 2.35. The van der Waals surface area contributed by atoms with E-state index < -0.39 is 28.5 Å². The first-order chi connectivity index (χ1) is 11.3. The number of nitrogens with one attached hydrogen (secondary N) is 1. The standard InChI is InChI=1S/C15H12F2N4O3/c1-15(2,11-7(16)4-3-5-8(11)17)14-20-13(21-24-14)12-18-9(22)6-10(23)19-12/h3-6H,1-2H3,(H2,18,19,22,23). The van der Waals surface area contributed by atoms with Crippen molar-refractivity contribution in [3.05, 3.63) is 57.7 Å². The molecule has 9 heteroatoms. The first-order valence-corrected chi connectivity index (χ1v) is 6.88. The van der Waals surface area contributed by atoms with Crippen molar-refractivity contribution in [1.82, 2.24) is 20.1 Å². The normalized spacial score (nSPS) is 11.7. The van der Waals surface area contributed by atoms with Crippen molar-refractivity contribution >= 4 is 0 Å². The second-order valence-corrected chi connectivity index (χ2v) is 5.60. The van der Waals surface area contributed by atoms with Crippen molar-refractivity contribution in [2.45, 2.75) is 19.3 Å². The molecule has 0 saturated carbocycles. The molecular formula is C15H12F2N4O3. The quantitative estimate of drug-likeness (QED) is 0.760. The minimum Gasteiger partial charge on any atom is -0.493 e. The van der Waals surface area contributed by atoms with Crippen LogP contribution in [0.2, 0.25) is 0 Å². The van der Waals surface area contributed by atoms with Crippen LogP contribution in [0.1, 0.15) is 25.3 Å². The Morgan fingerprint density at radius 3 is 2.50 bits per heavy atom. The average Bonchev–Trinajstić information content (AvgIpc) is 2.96. The molecular weight excluding hydrogens is 322 g/mol. The molecule has 24 heavy (non-hydrogen) atoms. The van der Waals surface area contributed by atoms with Crippen LogP contribution in [-0.2, 0) is 5.41 Å². The highest BCUT2D eigenvalue weighted by molar-refractivity contribution is 5.43. The van der Waals surface area contributed by atoms with Gasteiger partial charge in [0.1, 0.15) is 11.6 Å². The first-order valence-electron chi connectivity index (χ1n) is 6.88. The van der Waals surface area contributed by atoms with Crippen LogP contribution in [-0.4, -0.2) is 25.2 Å². The molecule has 0 atom stereocenters. The molecule has 0 radical (unpaired) electrons. The predicted molar refractivity (Wildman–Crippen MR) is 78.3 cm³/mol. The molecule has 3 aromatic rings. The zero-order chi connectivity index (χ0) is 17.5. The van der Waals surface area contributed by atoms with E-state index in [-0.39, 0.29) is 23.1 Å². The van der Waals surface area contributed by atoms with Gasteiger partial charge in [-0.3, -0.25) is 4.79 Å². The lowest BCUT2D eigenvalue weighted by Gasteiger charge is -2.21. The number of hydrogen-bond donors (Lipinski definition) is 2. The molecule has 2 aromatic heterocycles. The van der Waals surface area contributed by atoms with E-state index in [1.165, 1.54) is 19.9 Å². The van der Waals surface area contributed by atoms with E-state index in [1.54, 1.807) is 0 Å². The summed E-state index contributed by atoms with van der Waals surface area (Å²) in [5.74, 6) is -2.33. The van der Waals surface area contributed by atoms with Gasteiger partial charge in [-0.2, -0.15) is 9.97 Å². The SMILES string of the molecule is CC(C)(c1nc(-c2nc(O)cc(=O)[nH]2)no1)c1c(F)cccc1F. The van der Waals surface area contributed by atoms with E-state index >= 15 is 0 Å². The van der Waals surface area contributed by atoms with E-state index in [0.29, 0.717) is 0 Å². The smallest absolute Gasteiger partial charge is 0.255 e. The van der Waals surface area contributed by atoms with Gasteiger partial charge in [0.05, 0.1) is 11.5 Å². The monoisotopic (exact) mass is 334 g/mol. The Hall–Kier alpha value is -3.10. The van der Waals surface area contributed by atoms with Gasteiger partial charge >= 0.3 is 0 Å². The Kier molecular flexibility index (Phi) is 3.63. The Morgan fingerprint density at radius 2 is 1.88 bits per heavy atom. The van der Waals surface area contributed by atoms with E-state index in [0.717, 1.165) is 18.2 Å². The maximum atomic E-state index is 14.0. The predicted octanol–water partition coefficient (Wildman–Crippen LogP) is 2.13. The van der Waals surface area contributed by atoms with E-state index in [9.17, 15) is 18.7 Å². The van der Waals surface area contributed by atoms with Crippen LogP contribution in [0.3, 0.4) is 0 Å². The summed E-state index contributed by atoms with van der Waals surface area (Å²) in [5, 5.41) is 13.0. The van der Waals surface area contributed by atoms with Crippen LogP contribution in [0, 0.1) is 11.6 Å². The lowest BCUT2D eigenvalue weighted by molar-refractivity contribution is 0.322. The minimum atomic E-state index is -1.27. The largest absolute Gasteiger partial charge is 0.493 e. The number of rotatable bonds is 3. The van der Waals surface area contributed by atoms with Crippen LogP contribution in [0.25, 0.3) is 11.6 Å². The van der Waals surface area contributed by atoms with Gasteiger partial charge in [-0.15, -0.1) is 0 Å². The molecule has 0 fully saturated rings. The molecule has 0 aliphatic heterocycles. The Bertz CT molecular complexity index is 945. The third-order valence-corrected chi connectivity index (χ3v) is 3.49. The number of halogens is 2. The average molecular weight is 334 g/mol. The lowest BCUT2D eigenvalue weighted by Crippen LogP contribution is -2.23. The first kappa shape index (κ1) is 15.8. The molecule has 0 saturated heterocycles. The molecule has 0 unspecified atom stereocenters. The molecule has 7 nitrogen and oxygen atoms in total.